The van der Waals surface area contributed by atoms with Gasteiger partial charge in [0.05, 0.1) is 24.9 Å². The number of likely N-dealkylation sites (tertiary alicyclic amines) is 1. The summed E-state index contributed by atoms with van der Waals surface area (Å²) in [5.41, 5.74) is 5.48. The highest BCUT2D eigenvalue weighted by molar-refractivity contribution is 5.58. The summed E-state index contributed by atoms with van der Waals surface area (Å²) in [5, 5.41) is 8.02. The van der Waals surface area contributed by atoms with Gasteiger partial charge in [0.2, 0.25) is 5.95 Å². The number of hydrogen-bond acceptors (Lipinski definition) is 5. The minimum Gasteiger partial charge on any atom is -0.378 e. The van der Waals surface area contributed by atoms with Gasteiger partial charge in [-0.25, -0.2) is 4.68 Å². The van der Waals surface area contributed by atoms with Gasteiger partial charge >= 0.3 is 0 Å². The molecule has 0 atom stereocenters. The standard InChI is InChI=1S/C24H27N5O/c1-2-4-20(5-3-1)29-17-25-23(27-29)26-19-7-6-18-8-9-24(22(18)14-19)10-12-28(13-11-24)21-15-30-16-21/h1-7,14,17,21H,8-13,15-16H2,(H,26,27). The summed E-state index contributed by atoms with van der Waals surface area (Å²) >= 11 is 0. The van der Waals surface area contributed by atoms with Crippen LogP contribution in [-0.4, -0.2) is 52.0 Å². The average Bonchev–Trinajstić information content (AvgIpc) is 3.35. The number of ether oxygens (including phenoxy) is 1. The van der Waals surface area contributed by atoms with Crippen molar-refractivity contribution in [2.24, 2.45) is 0 Å². The molecule has 6 rings (SSSR count). The first kappa shape index (κ1) is 18.1. The highest BCUT2D eigenvalue weighted by atomic mass is 16.5. The van der Waals surface area contributed by atoms with Crippen molar-refractivity contribution in [1.29, 1.82) is 0 Å². The molecule has 154 valence electrons. The van der Waals surface area contributed by atoms with E-state index in [1.807, 2.05) is 30.3 Å². The molecule has 1 aliphatic carbocycles. The van der Waals surface area contributed by atoms with Gasteiger partial charge in [0.15, 0.2) is 0 Å². The van der Waals surface area contributed by atoms with Crippen LogP contribution >= 0.6 is 0 Å². The fourth-order valence-corrected chi connectivity index (χ4v) is 5.30. The van der Waals surface area contributed by atoms with Crippen molar-refractivity contribution < 1.29 is 4.74 Å². The van der Waals surface area contributed by atoms with E-state index in [2.05, 4.69) is 38.5 Å². The van der Waals surface area contributed by atoms with Crippen LogP contribution in [0.15, 0.2) is 54.9 Å². The van der Waals surface area contributed by atoms with E-state index in [1.54, 1.807) is 16.6 Å². The minimum absolute atomic E-state index is 0.338. The van der Waals surface area contributed by atoms with Crippen LogP contribution < -0.4 is 5.32 Å². The summed E-state index contributed by atoms with van der Waals surface area (Å²) in [6.45, 7) is 4.21. The molecule has 0 bridgehead atoms. The number of nitrogens with zero attached hydrogens (tertiary/aromatic N) is 4. The number of rotatable bonds is 4. The van der Waals surface area contributed by atoms with Crippen molar-refractivity contribution in [2.45, 2.75) is 37.1 Å². The molecule has 6 heteroatoms. The van der Waals surface area contributed by atoms with Crippen molar-refractivity contribution in [2.75, 3.05) is 31.6 Å². The van der Waals surface area contributed by atoms with Gasteiger partial charge in [-0.3, -0.25) is 4.90 Å². The smallest absolute Gasteiger partial charge is 0.246 e. The molecule has 1 N–H and O–H groups in total. The van der Waals surface area contributed by atoms with Gasteiger partial charge < -0.3 is 10.1 Å². The lowest BCUT2D eigenvalue weighted by molar-refractivity contribution is -0.0758. The molecule has 2 saturated heterocycles. The Morgan fingerprint density at radius 2 is 1.83 bits per heavy atom. The van der Waals surface area contributed by atoms with E-state index < -0.39 is 0 Å². The molecule has 3 aromatic rings. The van der Waals surface area contributed by atoms with Crippen LogP contribution in [0.25, 0.3) is 5.69 Å². The highest BCUT2D eigenvalue weighted by Gasteiger charge is 2.43. The Kier molecular flexibility index (Phi) is 4.35. The number of aryl methyl sites for hydroxylation is 1. The molecular weight excluding hydrogens is 374 g/mol. The Bertz CT molecular complexity index is 1030. The van der Waals surface area contributed by atoms with Crippen molar-refractivity contribution in [3.63, 3.8) is 0 Å². The Morgan fingerprint density at radius 3 is 2.60 bits per heavy atom. The van der Waals surface area contributed by atoms with E-state index in [4.69, 9.17) is 4.74 Å². The van der Waals surface area contributed by atoms with Gasteiger partial charge in [-0.1, -0.05) is 24.3 Å². The predicted octanol–water partition coefficient (Wildman–Crippen LogP) is 3.69. The van der Waals surface area contributed by atoms with Crippen LogP contribution in [0.2, 0.25) is 0 Å². The van der Waals surface area contributed by atoms with Crippen molar-refractivity contribution >= 4 is 11.6 Å². The lowest BCUT2D eigenvalue weighted by Crippen LogP contribution is -2.53. The normalized spacial score (nSPS) is 20.8. The third-order valence-corrected chi connectivity index (χ3v) is 7.21. The second-order valence-corrected chi connectivity index (χ2v) is 8.85. The quantitative estimate of drug-likeness (QED) is 0.723. The first-order chi connectivity index (χ1) is 14.8. The van der Waals surface area contributed by atoms with E-state index in [1.165, 1.54) is 44.3 Å². The monoisotopic (exact) mass is 401 g/mol. The fourth-order valence-electron chi connectivity index (χ4n) is 5.30. The SMILES string of the molecule is c1ccc(-n2cnc(Nc3ccc4c(c3)C3(CC4)CCN(C4COC4)CC3)n2)cc1. The maximum absolute atomic E-state index is 5.40. The summed E-state index contributed by atoms with van der Waals surface area (Å²) < 4.78 is 7.20. The number of hydrogen-bond donors (Lipinski definition) is 1. The lowest BCUT2D eigenvalue weighted by atomic mass is 9.73. The van der Waals surface area contributed by atoms with E-state index in [9.17, 15) is 0 Å². The molecule has 1 spiro atoms. The number of para-hydroxylation sites is 1. The number of fused-ring (bicyclic) bond motifs is 2. The molecule has 0 radical (unpaired) electrons. The summed E-state index contributed by atoms with van der Waals surface area (Å²) in [7, 11) is 0. The molecule has 30 heavy (non-hydrogen) atoms. The van der Waals surface area contributed by atoms with Crippen molar-refractivity contribution in [1.82, 2.24) is 19.7 Å². The molecule has 0 saturated carbocycles. The first-order valence-corrected chi connectivity index (χ1v) is 11.0. The van der Waals surface area contributed by atoms with Gasteiger partial charge in [-0.15, -0.1) is 5.10 Å². The van der Waals surface area contributed by atoms with Crippen LogP contribution in [0, 0.1) is 0 Å². The van der Waals surface area contributed by atoms with Crippen LogP contribution in [0.3, 0.4) is 0 Å². The minimum atomic E-state index is 0.338. The molecule has 0 amide bonds. The zero-order chi connectivity index (χ0) is 20.0. The molecule has 3 aliphatic rings. The van der Waals surface area contributed by atoms with Crippen molar-refractivity contribution in [3.05, 3.63) is 66.0 Å². The van der Waals surface area contributed by atoms with Crippen LogP contribution in [0.1, 0.15) is 30.4 Å². The fraction of sp³-hybridized carbons (Fsp3) is 0.417. The summed E-state index contributed by atoms with van der Waals surface area (Å²) in [5.74, 6) is 0.630. The van der Waals surface area contributed by atoms with E-state index in [0.717, 1.165) is 24.6 Å². The number of aromatic nitrogens is 3. The Hall–Kier alpha value is -2.70. The van der Waals surface area contributed by atoms with Gasteiger partial charge in [-0.2, -0.15) is 4.98 Å². The zero-order valence-corrected chi connectivity index (χ0v) is 17.1. The van der Waals surface area contributed by atoms with Crippen LogP contribution in [-0.2, 0) is 16.6 Å². The van der Waals surface area contributed by atoms with Crippen LogP contribution in [0.4, 0.5) is 11.6 Å². The predicted molar refractivity (Wildman–Crippen MR) is 116 cm³/mol. The third kappa shape index (κ3) is 3.11. The van der Waals surface area contributed by atoms with E-state index >= 15 is 0 Å². The number of benzene rings is 2. The first-order valence-electron chi connectivity index (χ1n) is 11.0. The zero-order valence-electron chi connectivity index (χ0n) is 17.1. The van der Waals surface area contributed by atoms with Gasteiger partial charge in [0.1, 0.15) is 6.33 Å². The molecule has 1 aromatic heterocycles. The number of piperidine rings is 1. The Balaban J connectivity index is 1.20. The molecular formula is C24H27N5O. The maximum Gasteiger partial charge on any atom is 0.246 e. The maximum atomic E-state index is 5.40. The summed E-state index contributed by atoms with van der Waals surface area (Å²) in [6.07, 6.45) is 6.73. The second-order valence-electron chi connectivity index (χ2n) is 8.85. The summed E-state index contributed by atoms with van der Waals surface area (Å²) in [4.78, 5) is 7.09. The Morgan fingerprint density at radius 1 is 1.00 bits per heavy atom. The molecule has 2 aromatic carbocycles. The molecule has 6 nitrogen and oxygen atoms in total. The van der Waals surface area contributed by atoms with E-state index in [-0.39, 0.29) is 0 Å². The topological polar surface area (TPSA) is 55.2 Å². The number of anilines is 2. The largest absolute Gasteiger partial charge is 0.378 e. The molecule has 2 fully saturated rings. The van der Waals surface area contributed by atoms with Gasteiger partial charge in [0, 0.05) is 5.69 Å². The van der Waals surface area contributed by atoms with E-state index in [0.29, 0.717) is 17.4 Å². The third-order valence-electron chi connectivity index (χ3n) is 7.21. The average molecular weight is 402 g/mol. The molecule has 0 unspecified atom stereocenters. The second kappa shape index (κ2) is 7.22. The molecule has 2 aliphatic heterocycles. The Labute approximate surface area is 176 Å². The number of nitrogens with one attached hydrogen (secondary N) is 1. The van der Waals surface area contributed by atoms with Gasteiger partial charge in [-0.05, 0) is 79.6 Å². The summed E-state index contributed by atoms with van der Waals surface area (Å²) in [6, 6.07) is 17.6. The van der Waals surface area contributed by atoms with Crippen LogP contribution in [0.5, 0.6) is 0 Å². The molecule has 3 heterocycles. The highest BCUT2D eigenvalue weighted by Crippen LogP contribution is 2.47. The van der Waals surface area contributed by atoms with Crippen molar-refractivity contribution in [3.8, 4) is 5.69 Å². The van der Waals surface area contributed by atoms with Gasteiger partial charge in [0.25, 0.3) is 0 Å². The lowest BCUT2D eigenvalue weighted by Gasteiger charge is -2.45.